The van der Waals surface area contributed by atoms with E-state index in [4.69, 9.17) is 9.84 Å². The highest BCUT2D eigenvalue weighted by Crippen LogP contribution is 2.29. The van der Waals surface area contributed by atoms with E-state index < -0.39 is 10.0 Å². The predicted octanol–water partition coefficient (Wildman–Crippen LogP) is 2.15. The molecule has 8 heteroatoms. The SMILES string of the molecule is COc1cc(CO)ccc1S(=O)(=O)Nc1ccncc1Br. The number of aromatic nitrogens is 1. The lowest BCUT2D eigenvalue weighted by atomic mass is 10.2. The number of hydrogen-bond acceptors (Lipinski definition) is 5. The van der Waals surface area contributed by atoms with Gasteiger partial charge < -0.3 is 9.84 Å². The molecule has 1 aromatic carbocycles. The molecule has 0 bridgehead atoms. The fourth-order valence-electron chi connectivity index (χ4n) is 1.69. The van der Waals surface area contributed by atoms with Gasteiger partial charge in [-0.25, -0.2) is 8.42 Å². The number of anilines is 1. The minimum atomic E-state index is -3.82. The van der Waals surface area contributed by atoms with Gasteiger partial charge in [-0.3, -0.25) is 9.71 Å². The molecule has 1 heterocycles. The van der Waals surface area contributed by atoms with Crippen LogP contribution >= 0.6 is 15.9 Å². The lowest BCUT2D eigenvalue weighted by Gasteiger charge is -2.13. The van der Waals surface area contributed by atoms with Crippen LogP contribution in [0.3, 0.4) is 0 Å². The standard InChI is InChI=1S/C13H13BrN2O4S/c1-20-12-6-9(8-17)2-3-13(12)21(18,19)16-11-4-5-15-7-10(11)14/h2-7,17H,8H2,1H3,(H,15,16). The Hall–Kier alpha value is -1.64. The van der Waals surface area contributed by atoms with Crippen molar-refractivity contribution < 1.29 is 18.3 Å². The molecule has 2 N–H and O–H groups in total. The summed E-state index contributed by atoms with van der Waals surface area (Å²) in [4.78, 5) is 3.86. The molecule has 0 unspecified atom stereocenters. The average Bonchev–Trinajstić information content (AvgIpc) is 2.48. The maximum Gasteiger partial charge on any atom is 0.265 e. The first-order chi connectivity index (χ1) is 9.97. The number of benzene rings is 1. The van der Waals surface area contributed by atoms with E-state index in [9.17, 15) is 8.42 Å². The Morgan fingerprint density at radius 2 is 2.14 bits per heavy atom. The van der Waals surface area contributed by atoms with Gasteiger partial charge in [0, 0.05) is 12.4 Å². The van der Waals surface area contributed by atoms with Gasteiger partial charge >= 0.3 is 0 Å². The van der Waals surface area contributed by atoms with Crippen molar-refractivity contribution in [3.05, 3.63) is 46.7 Å². The first-order valence-corrected chi connectivity index (χ1v) is 8.15. The van der Waals surface area contributed by atoms with E-state index in [0.29, 0.717) is 15.7 Å². The second-order valence-electron chi connectivity index (χ2n) is 4.10. The summed E-state index contributed by atoms with van der Waals surface area (Å²) in [6.45, 7) is -0.194. The van der Waals surface area contributed by atoms with E-state index in [0.717, 1.165) is 0 Å². The molecule has 2 aromatic rings. The van der Waals surface area contributed by atoms with Crippen LogP contribution < -0.4 is 9.46 Å². The Balaban J connectivity index is 2.42. The van der Waals surface area contributed by atoms with Crippen molar-refractivity contribution >= 4 is 31.6 Å². The van der Waals surface area contributed by atoms with Crippen molar-refractivity contribution in [2.75, 3.05) is 11.8 Å². The highest BCUT2D eigenvalue weighted by atomic mass is 79.9. The van der Waals surface area contributed by atoms with Crippen molar-refractivity contribution in [1.82, 2.24) is 4.98 Å². The Labute approximate surface area is 131 Å². The van der Waals surface area contributed by atoms with E-state index >= 15 is 0 Å². The van der Waals surface area contributed by atoms with Crippen LogP contribution in [0.2, 0.25) is 0 Å². The molecule has 0 fully saturated rings. The zero-order chi connectivity index (χ0) is 15.5. The van der Waals surface area contributed by atoms with Gasteiger partial charge in [-0.15, -0.1) is 0 Å². The number of aliphatic hydroxyl groups is 1. The third-order valence-corrected chi connectivity index (χ3v) is 4.75. The fourth-order valence-corrected chi connectivity index (χ4v) is 3.40. The molecule has 0 amide bonds. The maximum absolute atomic E-state index is 12.4. The summed E-state index contributed by atoms with van der Waals surface area (Å²) >= 11 is 3.23. The minimum Gasteiger partial charge on any atom is -0.495 e. The average molecular weight is 373 g/mol. The van der Waals surface area contributed by atoms with E-state index in [2.05, 4.69) is 25.6 Å². The quantitative estimate of drug-likeness (QED) is 0.839. The molecule has 0 spiro atoms. The highest BCUT2D eigenvalue weighted by molar-refractivity contribution is 9.10. The van der Waals surface area contributed by atoms with Crippen LogP contribution in [-0.2, 0) is 16.6 Å². The molecular weight excluding hydrogens is 360 g/mol. The van der Waals surface area contributed by atoms with E-state index in [1.54, 1.807) is 0 Å². The molecular formula is C13H13BrN2O4S. The number of rotatable bonds is 5. The molecule has 21 heavy (non-hydrogen) atoms. The second kappa shape index (κ2) is 6.42. The Morgan fingerprint density at radius 1 is 1.38 bits per heavy atom. The van der Waals surface area contributed by atoms with Crippen molar-refractivity contribution in [3.8, 4) is 5.75 Å². The van der Waals surface area contributed by atoms with Gasteiger partial charge in [0.1, 0.15) is 10.6 Å². The van der Waals surface area contributed by atoms with Gasteiger partial charge in [-0.2, -0.15) is 0 Å². The summed E-state index contributed by atoms with van der Waals surface area (Å²) in [5.41, 5.74) is 0.939. The van der Waals surface area contributed by atoms with Crippen LogP contribution in [0.1, 0.15) is 5.56 Å². The summed E-state index contributed by atoms with van der Waals surface area (Å²) in [7, 11) is -2.45. The first-order valence-electron chi connectivity index (χ1n) is 5.88. The third kappa shape index (κ3) is 3.52. The molecule has 6 nitrogen and oxygen atoms in total. The molecule has 1 aromatic heterocycles. The maximum atomic E-state index is 12.4. The minimum absolute atomic E-state index is 0.00841. The second-order valence-corrected chi connectivity index (χ2v) is 6.61. The number of pyridine rings is 1. The van der Waals surface area contributed by atoms with Gasteiger partial charge in [0.05, 0.1) is 23.9 Å². The van der Waals surface area contributed by atoms with Gasteiger partial charge in [0.25, 0.3) is 10.0 Å². The Kier molecular flexibility index (Phi) is 4.81. The van der Waals surface area contributed by atoms with E-state index in [-0.39, 0.29) is 17.3 Å². The zero-order valence-electron chi connectivity index (χ0n) is 11.1. The van der Waals surface area contributed by atoms with Crippen molar-refractivity contribution in [3.63, 3.8) is 0 Å². The number of hydrogen-bond donors (Lipinski definition) is 2. The van der Waals surface area contributed by atoms with E-state index in [1.807, 2.05) is 0 Å². The molecule has 0 aliphatic rings. The molecule has 0 radical (unpaired) electrons. The van der Waals surface area contributed by atoms with Crippen molar-refractivity contribution in [2.45, 2.75) is 11.5 Å². The highest BCUT2D eigenvalue weighted by Gasteiger charge is 2.20. The Bertz CT molecular complexity index is 750. The van der Waals surface area contributed by atoms with Crippen LogP contribution in [-0.4, -0.2) is 25.6 Å². The monoisotopic (exact) mass is 372 g/mol. The molecule has 0 aliphatic heterocycles. The summed E-state index contributed by atoms with van der Waals surface area (Å²) in [5.74, 6) is 0.166. The number of methoxy groups -OCH3 is 1. The first kappa shape index (κ1) is 15.7. The zero-order valence-corrected chi connectivity index (χ0v) is 13.5. The predicted molar refractivity (Wildman–Crippen MR) is 81.7 cm³/mol. The third-order valence-electron chi connectivity index (χ3n) is 2.72. The van der Waals surface area contributed by atoms with Gasteiger partial charge in [0.2, 0.25) is 0 Å². The van der Waals surface area contributed by atoms with Crippen LogP contribution in [0.4, 0.5) is 5.69 Å². The lowest BCUT2D eigenvalue weighted by Crippen LogP contribution is -2.14. The summed E-state index contributed by atoms with van der Waals surface area (Å²) in [5, 5.41) is 9.09. The summed E-state index contributed by atoms with van der Waals surface area (Å²) < 4.78 is 32.9. The molecule has 0 atom stereocenters. The summed E-state index contributed by atoms with van der Waals surface area (Å²) in [6.07, 6.45) is 2.97. The van der Waals surface area contributed by atoms with Crippen LogP contribution in [0, 0.1) is 0 Å². The van der Waals surface area contributed by atoms with Gasteiger partial charge in [-0.1, -0.05) is 6.07 Å². The number of aliphatic hydroxyl groups excluding tert-OH is 1. The smallest absolute Gasteiger partial charge is 0.265 e. The number of ether oxygens (including phenoxy) is 1. The number of sulfonamides is 1. The van der Waals surface area contributed by atoms with Gasteiger partial charge in [-0.05, 0) is 39.7 Å². The number of halogens is 1. The topological polar surface area (TPSA) is 88.5 Å². The van der Waals surface area contributed by atoms with E-state index in [1.165, 1.54) is 43.8 Å². The summed E-state index contributed by atoms with van der Waals surface area (Å²) in [6, 6.07) is 5.94. The van der Waals surface area contributed by atoms with Crippen LogP contribution in [0.5, 0.6) is 5.75 Å². The molecule has 0 aliphatic carbocycles. The Morgan fingerprint density at radius 3 is 2.76 bits per heavy atom. The van der Waals surface area contributed by atoms with Crippen LogP contribution in [0.25, 0.3) is 0 Å². The fraction of sp³-hybridized carbons (Fsp3) is 0.154. The molecule has 2 rings (SSSR count). The number of nitrogens with zero attached hydrogens (tertiary/aromatic N) is 1. The molecule has 112 valence electrons. The lowest BCUT2D eigenvalue weighted by molar-refractivity contribution is 0.280. The normalized spacial score (nSPS) is 11.2. The van der Waals surface area contributed by atoms with Crippen LogP contribution in [0.15, 0.2) is 46.0 Å². The molecule has 0 saturated heterocycles. The van der Waals surface area contributed by atoms with Crippen molar-refractivity contribution in [1.29, 1.82) is 0 Å². The number of nitrogens with one attached hydrogen (secondary N) is 1. The largest absolute Gasteiger partial charge is 0.495 e. The van der Waals surface area contributed by atoms with Gasteiger partial charge in [0.15, 0.2) is 0 Å². The molecule has 0 saturated carbocycles. The van der Waals surface area contributed by atoms with Crippen molar-refractivity contribution in [2.24, 2.45) is 0 Å².